The molecule has 0 aliphatic heterocycles. The summed E-state index contributed by atoms with van der Waals surface area (Å²) < 4.78 is 0. The Balaban J connectivity index is 2.47. The SMILES string of the molecule is C=C1C[C@H]1[C@@H](C)[C@H](N)C(=O)O. The number of nitrogens with two attached hydrogens (primary N) is 1. The number of hydrogen-bond donors (Lipinski definition) is 2. The summed E-state index contributed by atoms with van der Waals surface area (Å²) in [5.41, 5.74) is 6.56. The van der Waals surface area contributed by atoms with Crippen LogP contribution in [-0.4, -0.2) is 17.1 Å². The number of hydrogen-bond acceptors (Lipinski definition) is 2. The minimum Gasteiger partial charge on any atom is -0.480 e. The molecule has 0 radical (unpaired) electrons. The third-order valence-electron chi connectivity index (χ3n) is 2.33. The van der Waals surface area contributed by atoms with Crippen LogP contribution in [0.2, 0.25) is 0 Å². The van der Waals surface area contributed by atoms with E-state index in [9.17, 15) is 4.79 Å². The van der Waals surface area contributed by atoms with E-state index in [1.54, 1.807) is 0 Å². The van der Waals surface area contributed by atoms with Crippen LogP contribution in [0.25, 0.3) is 0 Å². The predicted molar refractivity (Wildman–Crippen MR) is 42.0 cm³/mol. The largest absolute Gasteiger partial charge is 0.480 e. The highest BCUT2D eigenvalue weighted by Gasteiger charge is 2.38. The first-order valence-electron chi connectivity index (χ1n) is 3.70. The maximum Gasteiger partial charge on any atom is 0.320 e. The standard InChI is InChI=1S/C8H13NO2/c1-4-3-6(4)5(2)7(9)8(10)11/h5-7H,1,3,9H2,2H3,(H,10,11)/t5-,6-,7+/m1/s1. The molecule has 11 heavy (non-hydrogen) atoms. The highest BCUT2D eigenvalue weighted by Crippen LogP contribution is 2.42. The number of carboxylic acid groups (broad SMARTS) is 1. The van der Waals surface area contributed by atoms with Gasteiger partial charge in [0, 0.05) is 0 Å². The van der Waals surface area contributed by atoms with E-state index in [0.29, 0.717) is 5.92 Å². The van der Waals surface area contributed by atoms with Crippen molar-refractivity contribution < 1.29 is 9.90 Å². The van der Waals surface area contributed by atoms with Crippen molar-refractivity contribution in [3.63, 3.8) is 0 Å². The fourth-order valence-corrected chi connectivity index (χ4v) is 1.26. The van der Waals surface area contributed by atoms with Crippen LogP contribution in [0.4, 0.5) is 0 Å². The minimum atomic E-state index is -0.919. The smallest absolute Gasteiger partial charge is 0.320 e. The summed E-state index contributed by atoms with van der Waals surface area (Å²) in [6.45, 7) is 5.63. The summed E-state index contributed by atoms with van der Waals surface area (Å²) in [5, 5.41) is 8.56. The molecule has 1 saturated carbocycles. The zero-order valence-corrected chi connectivity index (χ0v) is 6.58. The molecule has 0 aromatic rings. The summed E-state index contributed by atoms with van der Waals surface area (Å²) in [4.78, 5) is 10.4. The molecule has 0 saturated heterocycles. The van der Waals surface area contributed by atoms with Crippen LogP contribution < -0.4 is 5.73 Å². The Bertz CT molecular complexity index is 200. The van der Waals surface area contributed by atoms with Gasteiger partial charge in [-0.1, -0.05) is 19.1 Å². The van der Waals surface area contributed by atoms with Gasteiger partial charge in [-0.05, 0) is 18.3 Å². The molecule has 3 atom stereocenters. The molecule has 3 heteroatoms. The average Bonchev–Trinajstić information content (AvgIpc) is 2.63. The van der Waals surface area contributed by atoms with Crippen LogP contribution in [0.1, 0.15) is 13.3 Å². The van der Waals surface area contributed by atoms with Crippen LogP contribution in [0.15, 0.2) is 12.2 Å². The van der Waals surface area contributed by atoms with Gasteiger partial charge in [-0.15, -0.1) is 0 Å². The first-order chi connectivity index (χ1) is 5.04. The molecule has 3 N–H and O–H groups in total. The fraction of sp³-hybridized carbons (Fsp3) is 0.625. The Morgan fingerprint density at radius 1 is 1.91 bits per heavy atom. The number of allylic oxidation sites excluding steroid dienone is 1. The van der Waals surface area contributed by atoms with Crippen molar-refractivity contribution in [1.82, 2.24) is 0 Å². The van der Waals surface area contributed by atoms with Gasteiger partial charge in [0.05, 0.1) is 0 Å². The van der Waals surface area contributed by atoms with Gasteiger partial charge in [-0.25, -0.2) is 0 Å². The maximum atomic E-state index is 10.4. The monoisotopic (exact) mass is 155 g/mol. The van der Waals surface area contributed by atoms with Crippen LogP contribution >= 0.6 is 0 Å². The third-order valence-corrected chi connectivity index (χ3v) is 2.33. The van der Waals surface area contributed by atoms with E-state index in [1.165, 1.54) is 0 Å². The molecule has 62 valence electrons. The molecular formula is C8H13NO2. The summed E-state index contributed by atoms with van der Waals surface area (Å²) in [6, 6.07) is -0.737. The van der Waals surface area contributed by atoms with Gasteiger partial charge in [0.15, 0.2) is 0 Å². The fourth-order valence-electron chi connectivity index (χ4n) is 1.26. The highest BCUT2D eigenvalue weighted by atomic mass is 16.4. The van der Waals surface area contributed by atoms with Crippen LogP contribution in [0, 0.1) is 11.8 Å². The normalized spacial score (nSPS) is 27.8. The summed E-state index contributed by atoms with van der Waals surface area (Å²) in [7, 11) is 0. The van der Waals surface area contributed by atoms with Gasteiger partial charge in [0.1, 0.15) is 6.04 Å². The molecule has 3 nitrogen and oxygen atoms in total. The second-order valence-electron chi connectivity index (χ2n) is 3.19. The molecular weight excluding hydrogens is 142 g/mol. The molecule has 1 fully saturated rings. The Morgan fingerprint density at radius 3 is 2.64 bits per heavy atom. The van der Waals surface area contributed by atoms with E-state index >= 15 is 0 Å². The third kappa shape index (κ3) is 1.60. The number of carboxylic acids is 1. The van der Waals surface area contributed by atoms with E-state index in [1.807, 2.05) is 6.92 Å². The van der Waals surface area contributed by atoms with Crippen molar-refractivity contribution in [1.29, 1.82) is 0 Å². The van der Waals surface area contributed by atoms with Crippen molar-refractivity contribution in [2.24, 2.45) is 17.6 Å². The summed E-state index contributed by atoms with van der Waals surface area (Å²) >= 11 is 0. The first kappa shape index (κ1) is 8.27. The van der Waals surface area contributed by atoms with Crippen molar-refractivity contribution in [2.75, 3.05) is 0 Å². The zero-order valence-electron chi connectivity index (χ0n) is 6.58. The predicted octanol–water partition coefficient (Wildman–Crippen LogP) is 0.611. The number of carbonyl (C=O) groups is 1. The molecule has 0 aromatic carbocycles. The van der Waals surface area contributed by atoms with E-state index < -0.39 is 12.0 Å². The number of rotatable bonds is 3. The maximum absolute atomic E-state index is 10.4. The van der Waals surface area contributed by atoms with Crippen molar-refractivity contribution >= 4 is 5.97 Å². The lowest BCUT2D eigenvalue weighted by atomic mass is 9.97. The van der Waals surface area contributed by atoms with Gasteiger partial charge in [0.2, 0.25) is 0 Å². The van der Waals surface area contributed by atoms with Gasteiger partial charge >= 0.3 is 5.97 Å². The van der Waals surface area contributed by atoms with E-state index in [2.05, 4.69) is 6.58 Å². The molecule has 0 spiro atoms. The lowest BCUT2D eigenvalue weighted by Gasteiger charge is -2.13. The first-order valence-corrected chi connectivity index (χ1v) is 3.70. The van der Waals surface area contributed by atoms with Crippen molar-refractivity contribution in [3.05, 3.63) is 12.2 Å². The molecule has 0 amide bonds. The second-order valence-corrected chi connectivity index (χ2v) is 3.19. The topological polar surface area (TPSA) is 63.3 Å². The molecule has 0 heterocycles. The number of aliphatic carboxylic acids is 1. The van der Waals surface area contributed by atoms with E-state index in [-0.39, 0.29) is 5.92 Å². The minimum absolute atomic E-state index is 0.0278. The Hall–Kier alpha value is -0.830. The molecule has 1 rings (SSSR count). The molecule has 0 unspecified atom stereocenters. The van der Waals surface area contributed by atoms with Gasteiger partial charge < -0.3 is 10.8 Å². The molecule has 1 aliphatic carbocycles. The van der Waals surface area contributed by atoms with Gasteiger partial charge in [-0.2, -0.15) is 0 Å². The van der Waals surface area contributed by atoms with E-state index in [0.717, 1.165) is 12.0 Å². The van der Waals surface area contributed by atoms with Gasteiger partial charge in [-0.3, -0.25) is 4.79 Å². The summed E-state index contributed by atoms with van der Waals surface area (Å²) in [6.07, 6.45) is 0.947. The second kappa shape index (κ2) is 2.66. The highest BCUT2D eigenvalue weighted by molar-refractivity contribution is 5.73. The van der Waals surface area contributed by atoms with Crippen molar-refractivity contribution in [2.45, 2.75) is 19.4 Å². The lowest BCUT2D eigenvalue weighted by molar-refractivity contribution is -0.139. The quantitative estimate of drug-likeness (QED) is 0.587. The Morgan fingerprint density at radius 2 is 2.36 bits per heavy atom. The Kier molecular flexibility index (Phi) is 2.00. The van der Waals surface area contributed by atoms with E-state index in [4.69, 9.17) is 10.8 Å². The lowest BCUT2D eigenvalue weighted by Crippen LogP contribution is -2.37. The average molecular weight is 155 g/mol. The van der Waals surface area contributed by atoms with Crippen LogP contribution in [-0.2, 0) is 4.79 Å². The summed E-state index contributed by atoms with van der Waals surface area (Å²) in [5.74, 6) is -0.543. The molecule has 0 aromatic heterocycles. The van der Waals surface area contributed by atoms with Crippen molar-refractivity contribution in [3.8, 4) is 0 Å². The van der Waals surface area contributed by atoms with Crippen LogP contribution in [0.5, 0.6) is 0 Å². The molecule has 0 bridgehead atoms. The van der Waals surface area contributed by atoms with Gasteiger partial charge in [0.25, 0.3) is 0 Å². The Labute approximate surface area is 65.9 Å². The zero-order chi connectivity index (χ0) is 8.59. The van der Waals surface area contributed by atoms with Crippen LogP contribution in [0.3, 0.4) is 0 Å². The molecule has 1 aliphatic rings.